The van der Waals surface area contributed by atoms with Crippen LogP contribution in [-0.2, 0) is 28.6 Å². The number of carbonyl (C=O) groups is 3. The van der Waals surface area contributed by atoms with Gasteiger partial charge in [-0.1, -0.05) is 177 Å². The fourth-order valence-electron chi connectivity index (χ4n) is 7.23. The van der Waals surface area contributed by atoms with Gasteiger partial charge >= 0.3 is 11.9 Å². The second-order valence-electron chi connectivity index (χ2n) is 18.0. The molecule has 0 heterocycles. The number of hydrogen-bond donors (Lipinski definition) is 0. The molecule has 8 nitrogen and oxygen atoms in total. The molecule has 2 unspecified atom stereocenters. The Morgan fingerprint density at radius 2 is 0.903 bits per heavy atom. The summed E-state index contributed by atoms with van der Waals surface area (Å²) in [7, 11) is 5.41. The topological polar surface area (TPSA) is 102 Å². The number of quaternary nitrogens is 1. The predicted molar refractivity (Wildman–Crippen MR) is 259 cm³/mol. The van der Waals surface area contributed by atoms with Gasteiger partial charge in [-0.2, -0.15) is 0 Å². The van der Waals surface area contributed by atoms with Crippen LogP contribution in [0.4, 0.5) is 0 Å². The standard InChI is InChI=1S/C54H95NO7/c1-6-8-10-12-14-16-18-20-22-24-25-26-27-28-29-31-33-35-37-39-41-43-45-53(57)62-50(48-60-47-46-51(54(58)59)55(3,4)5)49-61-52(56)44-42-40-38-36-34-32-30-23-21-19-17-15-13-11-9-7-2/h8,10,14,16,20,22-23,25-26,30,50-51H,6-7,9,11-13,15,17-19,21,24,27-29,31-49H2,1-5H3/b10-8+,16-14+,22-20+,26-25+,30-23+. The van der Waals surface area contributed by atoms with Gasteiger partial charge in [0.15, 0.2) is 6.10 Å². The summed E-state index contributed by atoms with van der Waals surface area (Å²) in [5.74, 6) is -1.75. The van der Waals surface area contributed by atoms with Crippen molar-refractivity contribution in [1.82, 2.24) is 0 Å². The smallest absolute Gasteiger partial charge is 0.306 e. The van der Waals surface area contributed by atoms with Crippen LogP contribution in [-0.4, -0.2) is 75.5 Å². The monoisotopic (exact) mass is 870 g/mol. The number of aliphatic carboxylic acids is 1. The molecule has 0 spiro atoms. The molecule has 0 saturated carbocycles. The quantitative estimate of drug-likeness (QED) is 0.0260. The molecule has 0 aliphatic carbocycles. The lowest BCUT2D eigenvalue weighted by molar-refractivity contribution is -0.889. The van der Waals surface area contributed by atoms with E-state index in [0.29, 0.717) is 12.8 Å². The minimum atomic E-state index is -1.13. The van der Waals surface area contributed by atoms with Crippen molar-refractivity contribution < 1.29 is 38.2 Å². The van der Waals surface area contributed by atoms with Crippen molar-refractivity contribution >= 4 is 17.9 Å². The highest BCUT2D eigenvalue weighted by Gasteiger charge is 2.25. The number of unbranched alkanes of at least 4 members (excludes halogenated alkanes) is 21. The van der Waals surface area contributed by atoms with E-state index in [9.17, 15) is 19.5 Å². The Hall–Kier alpha value is -2.97. The van der Waals surface area contributed by atoms with Crippen LogP contribution in [0.1, 0.15) is 213 Å². The van der Waals surface area contributed by atoms with Crippen LogP contribution < -0.4 is 5.11 Å². The van der Waals surface area contributed by atoms with Crippen LogP contribution in [0.5, 0.6) is 0 Å². The van der Waals surface area contributed by atoms with Crippen LogP contribution >= 0.6 is 0 Å². The number of hydrogen-bond acceptors (Lipinski definition) is 7. The summed E-state index contributed by atoms with van der Waals surface area (Å²) in [6.07, 6.45) is 55.3. The molecule has 2 atom stereocenters. The third-order valence-electron chi connectivity index (χ3n) is 11.1. The van der Waals surface area contributed by atoms with Gasteiger partial charge in [0.1, 0.15) is 12.6 Å². The summed E-state index contributed by atoms with van der Waals surface area (Å²) in [5.41, 5.74) is 0. The number of rotatable bonds is 45. The average Bonchev–Trinajstić information content (AvgIpc) is 3.23. The van der Waals surface area contributed by atoms with Crippen molar-refractivity contribution in [2.75, 3.05) is 41.0 Å². The number of carbonyl (C=O) groups excluding carboxylic acids is 3. The molecular formula is C54H95NO7. The van der Waals surface area contributed by atoms with Crippen LogP contribution in [0.15, 0.2) is 60.8 Å². The maximum Gasteiger partial charge on any atom is 0.306 e. The van der Waals surface area contributed by atoms with Gasteiger partial charge in [0, 0.05) is 19.3 Å². The molecule has 0 aliphatic rings. The van der Waals surface area contributed by atoms with Crippen LogP contribution in [0.25, 0.3) is 0 Å². The number of allylic oxidation sites excluding steroid dienone is 10. The van der Waals surface area contributed by atoms with E-state index >= 15 is 0 Å². The highest BCUT2D eigenvalue weighted by atomic mass is 16.6. The number of carboxylic acids is 1. The molecule has 0 amide bonds. The number of nitrogens with zero attached hydrogens (tertiary/aromatic N) is 1. The maximum atomic E-state index is 12.8. The second kappa shape index (κ2) is 44.6. The van der Waals surface area contributed by atoms with E-state index in [0.717, 1.165) is 83.5 Å². The predicted octanol–water partition coefficient (Wildman–Crippen LogP) is 13.2. The third-order valence-corrected chi connectivity index (χ3v) is 11.1. The Balaban J connectivity index is 4.27. The Labute approximate surface area is 381 Å². The van der Waals surface area contributed by atoms with E-state index in [1.807, 2.05) is 0 Å². The molecule has 0 aromatic heterocycles. The van der Waals surface area contributed by atoms with E-state index in [-0.39, 0.29) is 42.7 Å². The molecule has 0 fully saturated rings. The fraction of sp³-hybridized carbons (Fsp3) is 0.759. The summed E-state index contributed by atoms with van der Waals surface area (Å²) in [4.78, 5) is 37.0. The third kappa shape index (κ3) is 42.3. The lowest BCUT2D eigenvalue weighted by atomic mass is 10.1. The molecule has 0 bridgehead atoms. The Morgan fingerprint density at radius 1 is 0.500 bits per heavy atom. The Kier molecular flexibility index (Phi) is 42.5. The number of ether oxygens (including phenoxy) is 3. The van der Waals surface area contributed by atoms with Gasteiger partial charge in [-0.3, -0.25) is 9.59 Å². The highest BCUT2D eigenvalue weighted by molar-refractivity contribution is 5.70. The Bertz CT molecular complexity index is 1200. The van der Waals surface area contributed by atoms with E-state index in [2.05, 4.69) is 74.6 Å². The van der Waals surface area contributed by atoms with Crippen molar-refractivity contribution in [3.8, 4) is 0 Å². The Morgan fingerprint density at radius 3 is 1.35 bits per heavy atom. The lowest BCUT2D eigenvalue weighted by Crippen LogP contribution is -2.55. The first-order valence-corrected chi connectivity index (χ1v) is 25.3. The number of likely N-dealkylation sites (N-methyl/N-ethyl adjacent to an activating group) is 1. The SMILES string of the molecule is CC/C=C/C/C=C/C/C=C/C/C=C/CCCCCCCCCCCC(=O)OC(COCCC(C(=O)[O-])[N+](C)(C)C)COC(=O)CCCCCCC/C=C/CCCCCCCCC. The number of esters is 2. The van der Waals surface area contributed by atoms with Crippen molar-refractivity contribution in [2.24, 2.45) is 0 Å². The van der Waals surface area contributed by atoms with Crippen LogP contribution in [0.3, 0.4) is 0 Å². The van der Waals surface area contributed by atoms with Gasteiger partial charge in [0.25, 0.3) is 0 Å². The van der Waals surface area contributed by atoms with Crippen molar-refractivity contribution in [3.63, 3.8) is 0 Å². The normalized spacial score (nSPS) is 13.4. The minimum absolute atomic E-state index is 0.0346. The molecule has 8 heteroatoms. The van der Waals surface area contributed by atoms with Crippen molar-refractivity contribution in [3.05, 3.63) is 60.8 Å². The number of carboxylic acid groups (broad SMARTS) is 1. The van der Waals surface area contributed by atoms with Gasteiger partial charge in [-0.25, -0.2) is 0 Å². The van der Waals surface area contributed by atoms with Gasteiger partial charge < -0.3 is 28.6 Å². The van der Waals surface area contributed by atoms with Crippen LogP contribution in [0, 0.1) is 0 Å². The molecule has 0 aromatic carbocycles. The summed E-state index contributed by atoms with van der Waals surface area (Å²) in [6, 6.07) is -0.730. The lowest BCUT2D eigenvalue weighted by Gasteiger charge is -2.34. The van der Waals surface area contributed by atoms with E-state index in [4.69, 9.17) is 14.2 Å². The molecular weight excluding hydrogens is 775 g/mol. The van der Waals surface area contributed by atoms with Gasteiger partial charge in [0.2, 0.25) is 0 Å². The van der Waals surface area contributed by atoms with Gasteiger partial charge in [0.05, 0.1) is 40.3 Å². The van der Waals surface area contributed by atoms with Gasteiger partial charge in [-0.15, -0.1) is 0 Å². The zero-order chi connectivity index (χ0) is 45.6. The van der Waals surface area contributed by atoms with Crippen LogP contribution in [0.2, 0.25) is 0 Å². The fourth-order valence-corrected chi connectivity index (χ4v) is 7.23. The first-order chi connectivity index (χ1) is 30.1. The molecule has 0 saturated heterocycles. The zero-order valence-electron chi connectivity index (χ0n) is 40.8. The van der Waals surface area contributed by atoms with Gasteiger partial charge in [-0.05, 0) is 77.0 Å². The molecule has 0 rings (SSSR count). The van der Waals surface area contributed by atoms with Crippen molar-refractivity contribution in [1.29, 1.82) is 0 Å². The highest BCUT2D eigenvalue weighted by Crippen LogP contribution is 2.15. The maximum absolute atomic E-state index is 12.8. The molecule has 0 aromatic rings. The summed E-state index contributed by atoms with van der Waals surface area (Å²) < 4.78 is 17.2. The first-order valence-electron chi connectivity index (χ1n) is 25.3. The van der Waals surface area contributed by atoms with E-state index < -0.39 is 18.1 Å². The molecule has 0 aliphatic heterocycles. The minimum Gasteiger partial charge on any atom is -0.544 e. The molecule has 0 N–H and O–H groups in total. The molecule has 358 valence electrons. The summed E-state index contributed by atoms with van der Waals surface area (Å²) >= 11 is 0. The summed E-state index contributed by atoms with van der Waals surface area (Å²) in [6.45, 7) is 4.54. The van der Waals surface area contributed by atoms with E-state index in [1.165, 1.54) is 96.3 Å². The summed E-state index contributed by atoms with van der Waals surface area (Å²) in [5, 5.41) is 11.7. The second-order valence-corrected chi connectivity index (χ2v) is 18.0. The molecule has 0 radical (unpaired) electrons. The zero-order valence-corrected chi connectivity index (χ0v) is 40.8. The first kappa shape index (κ1) is 59.0. The molecule has 62 heavy (non-hydrogen) atoms. The van der Waals surface area contributed by atoms with E-state index in [1.54, 1.807) is 21.1 Å². The largest absolute Gasteiger partial charge is 0.544 e. The van der Waals surface area contributed by atoms with Crippen molar-refractivity contribution in [2.45, 2.75) is 225 Å². The average molecular weight is 870 g/mol.